The minimum absolute atomic E-state index is 0.00423. The van der Waals surface area contributed by atoms with Crippen LogP contribution in [-0.2, 0) is 10.0 Å². The molecule has 0 bridgehead atoms. The topological polar surface area (TPSA) is 69.7 Å². The van der Waals surface area contributed by atoms with Crippen LogP contribution in [0.3, 0.4) is 0 Å². The molecule has 1 aliphatic heterocycles. The standard InChI is InChI=1S/C19H25N3O3S2/c1-3-15(2)20-19(23)18-17(9-14-26-18)27(24,25)22-12-10-21(11-13-22)16-7-5-4-6-8-16/h4-9,14-15H,3,10-13H2,1-2H3,(H,20,23)/t15-/m1/s1. The maximum Gasteiger partial charge on any atom is 0.262 e. The van der Waals surface area contributed by atoms with Crippen molar-refractivity contribution in [1.82, 2.24) is 9.62 Å². The lowest BCUT2D eigenvalue weighted by Crippen LogP contribution is -2.48. The van der Waals surface area contributed by atoms with Gasteiger partial charge in [0, 0.05) is 37.9 Å². The van der Waals surface area contributed by atoms with E-state index in [1.165, 1.54) is 21.7 Å². The zero-order valence-corrected chi connectivity index (χ0v) is 17.2. The summed E-state index contributed by atoms with van der Waals surface area (Å²) in [7, 11) is -3.69. The van der Waals surface area contributed by atoms with E-state index in [-0.39, 0.29) is 21.7 Å². The van der Waals surface area contributed by atoms with Gasteiger partial charge in [-0.2, -0.15) is 4.31 Å². The van der Waals surface area contributed by atoms with Gasteiger partial charge in [-0.05, 0) is 36.9 Å². The SMILES string of the molecule is CC[C@@H](C)NC(=O)c1sccc1S(=O)(=O)N1CCN(c2ccccc2)CC1. The smallest absolute Gasteiger partial charge is 0.262 e. The first-order valence-corrected chi connectivity index (χ1v) is 11.4. The summed E-state index contributed by atoms with van der Waals surface area (Å²) < 4.78 is 27.7. The highest BCUT2D eigenvalue weighted by Gasteiger charge is 2.32. The van der Waals surface area contributed by atoms with Gasteiger partial charge in [-0.3, -0.25) is 4.79 Å². The number of carbonyl (C=O) groups excluding carboxylic acids is 1. The maximum atomic E-state index is 13.1. The molecular formula is C19H25N3O3S2. The lowest BCUT2D eigenvalue weighted by Gasteiger charge is -2.35. The summed E-state index contributed by atoms with van der Waals surface area (Å²) in [4.78, 5) is 15.0. The van der Waals surface area contributed by atoms with E-state index >= 15 is 0 Å². The van der Waals surface area contributed by atoms with Crippen molar-refractivity contribution in [3.63, 3.8) is 0 Å². The van der Waals surface area contributed by atoms with Crippen LogP contribution in [0.2, 0.25) is 0 Å². The number of piperazine rings is 1. The highest BCUT2D eigenvalue weighted by molar-refractivity contribution is 7.89. The van der Waals surface area contributed by atoms with E-state index in [0.29, 0.717) is 26.2 Å². The Balaban J connectivity index is 1.73. The monoisotopic (exact) mass is 407 g/mol. The average molecular weight is 408 g/mol. The Morgan fingerprint density at radius 2 is 1.81 bits per heavy atom. The van der Waals surface area contributed by atoms with Crippen molar-refractivity contribution in [2.75, 3.05) is 31.1 Å². The Bertz CT molecular complexity index is 873. The van der Waals surface area contributed by atoms with E-state index in [0.717, 1.165) is 12.1 Å². The van der Waals surface area contributed by atoms with E-state index in [4.69, 9.17) is 0 Å². The molecule has 0 aliphatic carbocycles. The fraction of sp³-hybridized carbons (Fsp3) is 0.421. The summed E-state index contributed by atoms with van der Waals surface area (Å²) in [6.07, 6.45) is 0.792. The highest BCUT2D eigenvalue weighted by atomic mass is 32.2. The predicted molar refractivity (Wildman–Crippen MR) is 109 cm³/mol. The number of amides is 1. The number of hydrogen-bond donors (Lipinski definition) is 1. The van der Waals surface area contributed by atoms with Crippen LogP contribution in [0.5, 0.6) is 0 Å². The van der Waals surface area contributed by atoms with Crippen molar-refractivity contribution in [3.8, 4) is 0 Å². The number of sulfonamides is 1. The van der Waals surface area contributed by atoms with Gasteiger partial charge in [0.1, 0.15) is 9.77 Å². The fourth-order valence-electron chi connectivity index (χ4n) is 3.02. The minimum Gasteiger partial charge on any atom is -0.369 e. The Hall–Kier alpha value is -1.90. The third kappa shape index (κ3) is 4.34. The molecule has 1 N–H and O–H groups in total. The van der Waals surface area contributed by atoms with Crippen LogP contribution in [0.25, 0.3) is 0 Å². The molecule has 0 saturated carbocycles. The summed E-state index contributed by atoms with van der Waals surface area (Å²) in [5.41, 5.74) is 1.10. The second-order valence-electron chi connectivity index (χ2n) is 6.62. The summed E-state index contributed by atoms with van der Waals surface area (Å²) in [6.45, 7) is 5.94. The van der Waals surface area contributed by atoms with Gasteiger partial charge in [-0.1, -0.05) is 25.1 Å². The zero-order valence-electron chi connectivity index (χ0n) is 15.6. The first kappa shape index (κ1) is 19.9. The van der Waals surface area contributed by atoms with Crippen LogP contribution in [-0.4, -0.2) is 50.9 Å². The molecule has 1 atom stereocenters. The maximum absolute atomic E-state index is 13.1. The molecule has 1 aliphatic rings. The summed E-state index contributed by atoms with van der Waals surface area (Å²) in [6, 6.07) is 11.5. The number of rotatable bonds is 6. The largest absolute Gasteiger partial charge is 0.369 e. The molecule has 1 aromatic carbocycles. The van der Waals surface area contributed by atoms with E-state index in [1.807, 2.05) is 44.2 Å². The van der Waals surface area contributed by atoms with Crippen LogP contribution in [0, 0.1) is 0 Å². The van der Waals surface area contributed by atoms with Gasteiger partial charge < -0.3 is 10.2 Å². The molecule has 8 heteroatoms. The van der Waals surface area contributed by atoms with Crippen molar-refractivity contribution in [1.29, 1.82) is 0 Å². The van der Waals surface area contributed by atoms with Crippen LogP contribution in [0.15, 0.2) is 46.7 Å². The second kappa shape index (κ2) is 8.41. The van der Waals surface area contributed by atoms with E-state index < -0.39 is 10.0 Å². The number of nitrogens with one attached hydrogen (secondary N) is 1. The molecule has 0 unspecified atom stereocenters. The molecule has 0 spiro atoms. The van der Waals surface area contributed by atoms with Crippen LogP contribution in [0.4, 0.5) is 5.69 Å². The molecule has 1 saturated heterocycles. The Kier molecular flexibility index (Phi) is 6.18. The molecule has 1 aromatic heterocycles. The number of carbonyl (C=O) groups is 1. The molecule has 2 heterocycles. The number of thiophene rings is 1. The third-order valence-electron chi connectivity index (χ3n) is 4.80. The van der Waals surface area contributed by atoms with Crippen molar-refractivity contribution in [2.45, 2.75) is 31.2 Å². The number of para-hydroxylation sites is 1. The van der Waals surface area contributed by atoms with Gasteiger partial charge in [0.2, 0.25) is 10.0 Å². The third-order valence-corrected chi connectivity index (χ3v) is 7.79. The van der Waals surface area contributed by atoms with Crippen LogP contribution >= 0.6 is 11.3 Å². The Morgan fingerprint density at radius 1 is 1.15 bits per heavy atom. The first-order valence-electron chi connectivity index (χ1n) is 9.12. The molecule has 0 radical (unpaired) electrons. The number of benzene rings is 1. The second-order valence-corrected chi connectivity index (χ2v) is 9.45. The molecule has 2 aromatic rings. The molecule has 146 valence electrons. The number of anilines is 1. The molecule has 6 nitrogen and oxygen atoms in total. The molecule has 27 heavy (non-hydrogen) atoms. The van der Waals surface area contributed by atoms with Crippen molar-refractivity contribution >= 4 is 33.0 Å². The molecular weight excluding hydrogens is 382 g/mol. The predicted octanol–water partition coefficient (Wildman–Crippen LogP) is 2.79. The van der Waals surface area contributed by atoms with Crippen LogP contribution < -0.4 is 10.2 Å². The van der Waals surface area contributed by atoms with Gasteiger partial charge in [-0.25, -0.2) is 8.42 Å². The van der Waals surface area contributed by atoms with Crippen molar-refractivity contribution in [3.05, 3.63) is 46.7 Å². The van der Waals surface area contributed by atoms with Gasteiger partial charge in [0.25, 0.3) is 5.91 Å². The average Bonchev–Trinajstić information content (AvgIpc) is 3.19. The summed E-state index contributed by atoms with van der Waals surface area (Å²) in [5.74, 6) is -0.319. The lowest BCUT2D eigenvalue weighted by molar-refractivity contribution is 0.0940. The van der Waals surface area contributed by atoms with Gasteiger partial charge in [0.05, 0.1) is 0 Å². The normalized spacial score (nSPS) is 16.9. The van der Waals surface area contributed by atoms with Crippen molar-refractivity contribution in [2.24, 2.45) is 0 Å². The van der Waals surface area contributed by atoms with Crippen molar-refractivity contribution < 1.29 is 13.2 Å². The molecule has 1 amide bonds. The van der Waals surface area contributed by atoms with Gasteiger partial charge in [0.15, 0.2) is 0 Å². The highest BCUT2D eigenvalue weighted by Crippen LogP contribution is 2.27. The lowest BCUT2D eigenvalue weighted by atomic mass is 10.2. The van der Waals surface area contributed by atoms with Crippen LogP contribution in [0.1, 0.15) is 29.9 Å². The minimum atomic E-state index is -3.69. The van der Waals surface area contributed by atoms with Gasteiger partial charge in [-0.15, -0.1) is 11.3 Å². The zero-order chi connectivity index (χ0) is 19.4. The number of hydrogen-bond acceptors (Lipinski definition) is 5. The summed E-state index contributed by atoms with van der Waals surface area (Å²) in [5, 5.41) is 4.52. The molecule has 3 rings (SSSR count). The van der Waals surface area contributed by atoms with Gasteiger partial charge >= 0.3 is 0 Å². The fourth-order valence-corrected chi connectivity index (χ4v) is 5.75. The van der Waals surface area contributed by atoms with E-state index in [9.17, 15) is 13.2 Å². The quantitative estimate of drug-likeness (QED) is 0.799. The summed E-state index contributed by atoms with van der Waals surface area (Å²) >= 11 is 1.17. The Morgan fingerprint density at radius 3 is 2.44 bits per heavy atom. The van der Waals surface area contributed by atoms with E-state index in [2.05, 4.69) is 10.2 Å². The molecule has 1 fully saturated rings. The van der Waals surface area contributed by atoms with E-state index in [1.54, 1.807) is 5.38 Å². The number of nitrogens with zero attached hydrogens (tertiary/aromatic N) is 2. The first-order chi connectivity index (χ1) is 12.9. The Labute approximate surface area is 164 Å².